The van der Waals surface area contributed by atoms with Crippen molar-refractivity contribution >= 4 is 5.97 Å². The quantitative estimate of drug-likeness (QED) is 0.606. The monoisotopic (exact) mass is 256 g/mol. The first-order valence-corrected chi connectivity index (χ1v) is 6.77. The maximum Gasteiger partial charge on any atom is 0.313 e. The lowest BCUT2D eigenvalue weighted by atomic mass is 9.82. The lowest BCUT2D eigenvalue weighted by Crippen LogP contribution is -2.22. The largest absolute Gasteiger partial charge is 0.469 e. The summed E-state index contributed by atoms with van der Waals surface area (Å²) in [7, 11) is 1.46. The van der Waals surface area contributed by atoms with Gasteiger partial charge in [-0.3, -0.25) is 4.79 Å². The van der Waals surface area contributed by atoms with Gasteiger partial charge < -0.3 is 4.74 Å². The van der Waals surface area contributed by atoms with Crippen molar-refractivity contribution in [2.24, 2.45) is 5.92 Å². The van der Waals surface area contributed by atoms with Gasteiger partial charge in [0.1, 0.15) is 0 Å². The molecule has 2 atom stereocenters. The Morgan fingerprint density at radius 2 is 1.89 bits per heavy atom. The number of carbonyl (C=O) groups excluding carboxylic acids is 1. The molecule has 0 aliphatic heterocycles. The van der Waals surface area contributed by atoms with Gasteiger partial charge in [-0.05, 0) is 30.7 Å². The molecule has 0 radical (unpaired) electrons. The van der Waals surface area contributed by atoms with E-state index >= 15 is 0 Å². The smallest absolute Gasteiger partial charge is 0.313 e. The van der Waals surface area contributed by atoms with E-state index in [1.54, 1.807) is 0 Å². The minimum absolute atomic E-state index is 0.158. The Morgan fingerprint density at radius 1 is 1.16 bits per heavy atom. The van der Waals surface area contributed by atoms with Crippen LogP contribution in [0.3, 0.4) is 0 Å². The summed E-state index contributed by atoms with van der Waals surface area (Å²) in [6.07, 6.45) is 11.7. The third kappa shape index (κ3) is 3.57. The van der Waals surface area contributed by atoms with Crippen molar-refractivity contribution in [2.75, 3.05) is 7.11 Å². The molecule has 0 N–H and O–H groups in total. The molecule has 0 saturated heterocycles. The van der Waals surface area contributed by atoms with Gasteiger partial charge in [0.25, 0.3) is 0 Å². The summed E-state index contributed by atoms with van der Waals surface area (Å²) in [4.78, 5) is 12.1. The fraction of sp³-hybridized carbons (Fsp3) is 0.353. The fourth-order valence-corrected chi connectivity index (χ4v) is 2.51. The second-order valence-electron chi connectivity index (χ2n) is 4.79. The van der Waals surface area contributed by atoms with Crippen LogP contribution in [0.1, 0.15) is 30.7 Å². The van der Waals surface area contributed by atoms with Crippen LogP contribution < -0.4 is 0 Å². The molecule has 0 heterocycles. The molecule has 0 saturated carbocycles. The Hall–Kier alpha value is -1.83. The lowest BCUT2D eigenvalue weighted by Gasteiger charge is -2.22. The van der Waals surface area contributed by atoms with Crippen LogP contribution in [0.15, 0.2) is 54.6 Å². The van der Waals surface area contributed by atoms with Crippen LogP contribution in [0.25, 0.3) is 0 Å². The Labute approximate surface area is 114 Å². The Morgan fingerprint density at radius 3 is 2.63 bits per heavy atom. The molecular weight excluding hydrogens is 236 g/mol. The van der Waals surface area contributed by atoms with E-state index in [0.29, 0.717) is 0 Å². The maximum atomic E-state index is 12.1. The molecule has 1 aliphatic carbocycles. The van der Waals surface area contributed by atoms with Crippen molar-refractivity contribution in [3.05, 3.63) is 60.2 Å². The van der Waals surface area contributed by atoms with Gasteiger partial charge in [-0.25, -0.2) is 0 Å². The molecule has 2 heteroatoms. The third-order valence-corrected chi connectivity index (χ3v) is 3.50. The second kappa shape index (κ2) is 6.93. The van der Waals surface area contributed by atoms with Gasteiger partial charge in [-0.1, -0.05) is 54.6 Å². The van der Waals surface area contributed by atoms with Gasteiger partial charge in [0.2, 0.25) is 0 Å². The van der Waals surface area contributed by atoms with Gasteiger partial charge in [0.05, 0.1) is 13.0 Å². The van der Waals surface area contributed by atoms with E-state index in [2.05, 4.69) is 24.3 Å². The highest BCUT2D eigenvalue weighted by atomic mass is 16.5. The Bertz CT molecular complexity index is 459. The average molecular weight is 256 g/mol. The highest BCUT2D eigenvalue weighted by Gasteiger charge is 2.28. The van der Waals surface area contributed by atoms with Crippen molar-refractivity contribution < 1.29 is 9.53 Å². The number of rotatable bonds is 3. The van der Waals surface area contributed by atoms with Gasteiger partial charge in [0.15, 0.2) is 0 Å². The van der Waals surface area contributed by atoms with Crippen LogP contribution in [0.4, 0.5) is 0 Å². The van der Waals surface area contributed by atoms with Crippen molar-refractivity contribution in [2.45, 2.75) is 25.2 Å². The average Bonchev–Trinajstić information content (AvgIpc) is 2.42. The van der Waals surface area contributed by atoms with Gasteiger partial charge in [0, 0.05) is 0 Å². The van der Waals surface area contributed by atoms with Gasteiger partial charge >= 0.3 is 5.97 Å². The van der Waals surface area contributed by atoms with Crippen molar-refractivity contribution in [1.82, 2.24) is 0 Å². The molecule has 0 amide bonds. The van der Waals surface area contributed by atoms with Crippen molar-refractivity contribution in [3.63, 3.8) is 0 Å². The summed E-state index contributed by atoms with van der Waals surface area (Å²) < 4.78 is 5.00. The van der Waals surface area contributed by atoms with E-state index in [9.17, 15) is 4.79 Å². The summed E-state index contributed by atoms with van der Waals surface area (Å²) in [6, 6.07) is 9.89. The first-order chi connectivity index (χ1) is 9.33. The Balaban J connectivity index is 2.29. The first kappa shape index (κ1) is 13.6. The highest BCUT2D eigenvalue weighted by Crippen LogP contribution is 2.31. The molecule has 0 aromatic heterocycles. The lowest BCUT2D eigenvalue weighted by molar-refractivity contribution is -0.143. The van der Waals surface area contributed by atoms with Crippen LogP contribution in [0, 0.1) is 5.92 Å². The van der Waals surface area contributed by atoms with Crippen LogP contribution in [0.5, 0.6) is 0 Å². The van der Waals surface area contributed by atoms with E-state index in [0.717, 1.165) is 24.8 Å². The van der Waals surface area contributed by atoms with E-state index < -0.39 is 0 Å². The number of methoxy groups -OCH3 is 1. The molecule has 19 heavy (non-hydrogen) atoms. The van der Waals surface area contributed by atoms with E-state index in [-0.39, 0.29) is 17.8 Å². The van der Waals surface area contributed by atoms with Gasteiger partial charge in [-0.15, -0.1) is 0 Å². The molecule has 1 aliphatic rings. The Kier molecular flexibility index (Phi) is 4.96. The van der Waals surface area contributed by atoms with Gasteiger partial charge in [-0.2, -0.15) is 0 Å². The number of carbonyl (C=O) groups is 1. The third-order valence-electron chi connectivity index (χ3n) is 3.50. The number of allylic oxidation sites excluding steroid dienone is 4. The summed E-state index contributed by atoms with van der Waals surface area (Å²) in [6.45, 7) is 0. The number of ether oxygens (including phenoxy) is 1. The summed E-state index contributed by atoms with van der Waals surface area (Å²) >= 11 is 0. The predicted octanol–water partition coefficient (Wildman–Crippen LogP) is 3.86. The van der Waals surface area contributed by atoms with E-state index in [1.165, 1.54) is 7.11 Å². The molecule has 2 nitrogen and oxygen atoms in total. The topological polar surface area (TPSA) is 26.3 Å². The molecule has 0 spiro atoms. The second-order valence-corrected chi connectivity index (χ2v) is 4.79. The molecule has 0 bridgehead atoms. The molecule has 0 fully saturated rings. The van der Waals surface area contributed by atoms with E-state index in [1.807, 2.05) is 30.3 Å². The number of hydrogen-bond acceptors (Lipinski definition) is 2. The maximum absolute atomic E-state index is 12.1. The molecule has 100 valence electrons. The summed E-state index contributed by atoms with van der Waals surface area (Å²) in [5.41, 5.74) is 1.03. The molecular formula is C17H20O2. The summed E-state index contributed by atoms with van der Waals surface area (Å²) in [5.74, 6) is -0.202. The zero-order chi connectivity index (χ0) is 13.5. The molecule has 1 aromatic rings. The zero-order valence-corrected chi connectivity index (χ0v) is 11.3. The van der Waals surface area contributed by atoms with Crippen LogP contribution in [-0.2, 0) is 9.53 Å². The minimum Gasteiger partial charge on any atom is -0.469 e. The minimum atomic E-state index is -0.217. The van der Waals surface area contributed by atoms with Crippen LogP contribution in [0.2, 0.25) is 0 Å². The zero-order valence-electron chi connectivity index (χ0n) is 11.3. The van der Waals surface area contributed by atoms with Crippen LogP contribution >= 0.6 is 0 Å². The molecule has 1 aromatic carbocycles. The number of benzene rings is 1. The van der Waals surface area contributed by atoms with E-state index in [4.69, 9.17) is 4.74 Å². The fourth-order valence-electron chi connectivity index (χ4n) is 2.51. The normalized spacial score (nSPS) is 23.7. The number of esters is 1. The van der Waals surface area contributed by atoms with Crippen molar-refractivity contribution in [3.8, 4) is 0 Å². The SMILES string of the molecule is COC(=O)C(c1ccccc1)C1/C=C\CC/C=C\C1. The standard InChI is InChI=1S/C17H20O2/c1-19-17(18)16(15-12-8-5-9-13-15)14-10-6-3-2-4-7-11-14/h3,5-9,11-14,16H,2,4,10H2,1H3/b6-3-,11-7-. The highest BCUT2D eigenvalue weighted by molar-refractivity contribution is 5.78. The van der Waals surface area contributed by atoms with Crippen molar-refractivity contribution in [1.29, 1.82) is 0 Å². The summed E-state index contributed by atoms with van der Waals surface area (Å²) in [5, 5.41) is 0. The van der Waals surface area contributed by atoms with Crippen LogP contribution in [-0.4, -0.2) is 13.1 Å². The predicted molar refractivity (Wildman–Crippen MR) is 76.8 cm³/mol. The number of hydrogen-bond donors (Lipinski definition) is 0. The molecule has 2 rings (SSSR count). The molecule has 2 unspecified atom stereocenters. The first-order valence-electron chi connectivity index (χ1n) is 6.77.